The van der Waals surface area contributed by atoms with Gasteiger partial charge in [0.15, 0.2) is 0 Å². The van der Waals surface area contributed by atoms with Crippen molar-refractivity contribution in [2.75, 3.05) is 36.2 Å². The lowest BCUT2D eigenvalue weighted by Crippen LogP contribution is -2.15. The first kappa shape index (κ1) is 13.5. The molecule has 96 valence electrons. The smallest absolute Gasteiger partial charge is 0.223 e. The zero-order chi connectivity index (χ0) is 12.7. The van der Waals surface area contributed by atoms with Crippen molar-refractivity contribution in [1.29, 1.82) is 0 Å². The first-order chi connectivity index (χ1) is 8.11. The quantitative estimate of drug-likeness (QED) is 0.310. The number of nitrogen functional groups attached to an aromatic ring is 2. The van der Waals surface area contributed by atoms with Crippen LogP contribution in [0.25, 0.3) is 0 Å². The Bertz CT molecular complexity index is 344. The van der Waals surface area contributed by atoms with Crippen molar-refractivity contribution in [2.45, 2.75) is 13.8 Å². The lowest BCUT2D eigenvalue weighted by Gasteiger charge is -2.09. The predicted molar refractivity (Wildman–Crippen MR) is 68.4 cm³/mol. The normalized spacial score (nSPS) is 10.6. The highest BCUT2D eigenvalue weighted by Gasteiger charge is 2.00. The highest BCUT2D eigenvalue weighted by atomic mass is 16.5. The van der Waals surface area contributed by atoms with E-state index in [0.717, 1.165) is 6.61 Å². The number of hydrogen-bond donors (Lipinski definition) is 4. The Kier molecular flexibility index (Phi) is 5.44. The first-order valence-electron chi connectivity index (χ1n) is 5.54. The first-order valence-corrected chi connectivity index (χ1v) is 5.54. The molecular formula is C10H20N6O. The maximum absolute atomic E-state index is 5.52. The van der Waals surface area contributed by atoms with Crippen LogP contribution >= 0.6 is 0 Å². The number of hydrogen-bond acceptors (Lipinski definition) is 7. The van der Waals surface area contributed by atoms with Crippen molar-refractivity contribution in [3.63, 3.8) is 0 Å². The fourth-order valence-corrected chi connectivity index (χ4v) is 1.20. The molecule has 1 rings (SSSR count). The molecule has 0 aliphatic rings. The van der Waals surface area contributed by atoms with Crippen LogP contribution in [0.2, 0.25) is 0 Å². The van der Waals surface area contributed by atoms with Crippen molar-refractivity contribution in [3.8, 4) is 0 Å². The van der Waals surface area contributed by atoms with E-state index in [9.17, 15) is 0 Å². The van der Waals surface area contributed by atoms with Crippen molar-refractivity contribution in [3.05, 3.63) is 6.07 Å². The van der Waals surface area contributed by atoms with Gasteiger partial charge in [-0.15, -0.1) is 0 Å². The Morgan fingerprint density at radius 2 is 2.06 bits per heavy atom. The molecule has 6 N–H and O–H groups in total. The van der Waals surface area contributed by atoms with E-state index >= 15 is 0 Å². The minimum Gasteiger partial charge on any atom is -0.379 e. The van der Waals surface area contributed by atoms with Gasteiger partial charge >= 0.3 is 0 Å². The van der Waals surface area contributed by atoms with Gasteiger partial charge in [-0.25, -0.2) is 5.84 Å². The summed E-state index contributed by atoms with van der Waals surface area (Å²) in [5.41, 5.74) is 7.94. The highest BCUT2D eigenvalue weighted by molar-refractivity contribution is 5.50. The van der Waals surface area contributed by atoms with E-state index in [2.05, 4.69) is 34.6 Å². The van der Waals surface area contributed by atoms with Gasteiger partial charge in [0.25, 0.3) is 0 Å². The van der Waals surface area contributed by atoms with Crippen LogP contribution in [-0.2, 0) is 4.74 Å². The monoisotopic (exact) mass is 240 g/mol. The van der Waals surface area contributed by atoms with Crippen molar-refractivity contribution in [2.24, 2.45) is 11.8 Å². The number of hydrazine groups is 1. The molecule has 0 radical (unpaired) electrons. The number of nitrogens with two attached hydrogens (primary N) is 2. The molecule has 0 saturated carbocycles. The molecule has 0 aliphatic carbocycles. The van der Waals surface area contributed by atoms with Gasteiger partial charge in [-0.1, -0.05) is 13.8 Å². The lowest BCUT2D eigenvalue weighted by atomic mass is 10.2. The second-order valence-electron chi connectivity index (χ2n) is 4.04. The molecule has 7 nitrogen and oxygen atoms in total. The predicted octanol–water partition coefficient (Wildman–Crippen LogP) is 0.429. The van der Waals surface area contributed by atoms with Crippen LogP contribution in [0.4, 0.5) is 17.6 Å². The van der Waals surface area contributed by atoms with Crippen molar-refractivity contribution >= 4 is 17.6 Å². The number of nitrogens with one attached hydrogen (secondary N) is 2. The van der Waals surface area contributed by atoms with Crippen LogP contribution in [-0.4, -0.2) is 29.7 Å². The molecule has 1 aromatic rings. The molecule has 0 bridgehead atoms. The SMILES string of the molecule is CC(C)COCCNc1cc(NN)nc(N)n1. The van der Waals surface area contributed by atoms with E-state index in [0.29, 0.717) is 30.7 Å². The third-order valence-electron chi connectivity index (χ3n) is 1.90. The third kappa shape index (κ3) is 5.32. The minimum atomic E-state index is 0.172. The average Bonchev–Trinajstić information content (AvgIpc) is 2.27. The highest BCUT2D eigenvalue weighted by Crippen LogP contribution is 2.10. The molecule has 0 saturated heterocycles. The summed E-state index contributed by atoms with van der Waals surface area (Å²) in [4.78, 5) is 7.90. The second kappa shape index (κ2) is 6.87. The molecular weight excluding hydrogens is 220 g/mol. The van der Waals surface area contributed by atoms with Crippen LogP contribution < -0.4 is 22.3 Å². The molecule has 0 spiro atoms. The fourth-order valence-electron chi connectivity index (χ4n) is 1.20. The Hall–Kier alpha value is -1.60. The van der Waals surface area contributed by atoms with Gasteiger partial charge < -0.3 is 21.2 Å². The van der Waals surface area contributed by atoms with Crippen LogP contribution in [0, 0.1) is 5.92 Å². The molecule has 0 aromatic carbocycles. The van der Waals surface area contributed by atoms with Crippen molar-refractivity contribution < 1.29 is 4.74 Å². The summed E-state index contributed by atoms with van der Waals surface area (Å²) in [6.45, 7) is 6.25. The van der Waals surface area contributed by atoms with Gasteiger partial charge in [0.2, 0.25) is 5.95 Å². The standard InChI is InChI=1S/C10H20N6O/c1-7(2)6-17-4-3-13-8-5-9(16-12)15-10(11)14-8/h5,7H,3-4,6,12H2,1-2H3,(H4,11,13,14,15,16). The van der Waals surface area contributed by atoms with Gasteiger partial charge in [0.1, 0.15) is 11.6 Å². The summed E-state index contributed by atoms with van der Waals surface area (Å²) in [6.07, 6.45) is 0. The Balaban J connectivity index is 2.33. The second-order valence-corrected chi connectivity index (χ2v) is 4.04. The molecule has 17 heavy (non-hydrogen) atoms. The molecule has 0 fully saturated rings. The number of ether oxygens (including phenoxy) is 1. The van der Waals surface area contributed by atoms with Gasteiger partial charge in [-0.3, -0.25) is 0 Å². The Labute approximate surface area is 101 Å². The van der Waals surface area contributed by atoms with E-state index in [1.165, 1.54) is 0 Å². The summed E-state index contributed by atoms with van der Waals surface area (Å²) in [7, 11) is 0. The summed E-state index contributed by atoms with van der Waals surface area (Å²) in [6, 6.07) is 1.68. The molecule has 0 amide bonds. The third-order valence-corrected chi connectivity index (χ3v) is 1.90. The Morgan fingerprint density at radius 3 is 2.71 bits per heavy atom. The molecule has 1 aromatic heterocycles. The molecule has 0 unspecified atom stereocenters. The average molecular weight is 240 g/mol. The van der Waals surface area contributed by atoms with E-state index in [4.69, 9.17) is 16.3 Å². The maximum Gasteiger partial charge on any atom is 0.223 e. The zero-order valence-corrected chi connectivity index (χ0v) is 10.2. The maximum atomic E-state index is 5.52. The summed E-state index contributed by atoms with van der Waals surface area (Å²) < 4.78 is 5.43. The number of nitrogens with zero attached hydrogens (tertiary/aromatic N) is 2. The molecule has 0 atom stereocenters. The summed E-state index contributed by atoms with van der Waals surface area (Å²) in [5.74, 6) is 7.06. The van der Waals surface area contributed by atoms with Crippen LogP contribution in [0.5, 0.6) is 0 Å². The number of anilines is 3. The zero-order valence-electron chi connectivity index (χ0n) is 10.2. The lowest BCUT2D eigenvalue weighted by molar-refractivity contribution is 0.118. The van der Waals surface area contributed by atoms with E-state index in [1.54, 1.807) is 6.07 Å². The fraction of sp³-hybridized carbons (Fsp3) is 0.600. The van der Waals surface area contributed by atoms with E-state index in [1.807, 2.05) is 0 Å². The molecule has 7 heteroatoms. The van der Waals surface area contributed by atoms with E-state index in [-0.39, 0.29) is 5.95 Å². The largest absolute Gasteiger partial charge is 0.379 e. The summed E-state index contributed by atoms with van der Waals surface area (Å²) in [5, 5.41) is 3.08. The minimum absolute atomic E-state index is 0.172. The molecule has 0 aliphatic heterocycles. The number of rotatable bonds is 7. The van der Waals surface area contributed by atoms with Gasteiger partial charge in [-0.2, -0.15) is 9.97 Å². The number of aromatic nitrogens is 2. The van der Waals surface area contributed by atoms with Gasteiger partial charge in [0, 0.05) is 19.2 Å². The van der Waals surface area contributed by atoms with Gasteiger partial charge in [-0.05, 0) is 5.92 Å². The van der Waals surface area contributed by atoms with Crippen molar-refractivity contribution in [1.82, 2.24) is 9.97 Å². The molecule has 1 heterocycles. The van der Waals surface area contributed by atoms with Crippen LogP contribution in [0.15, 0.2) is 6.07 Å². The summed E-state index contributed by atoms with van der Waals surface area (Å²) >= 11 is 0. The van der Waals surface area contributed by atoms with E-state index < -0.39 is 0 Å². The van der Waals surface area contributed by atoms with Crippen LogP contribution in [0.3, 0.4) is 0 Å². The van der Waals surface area contributed by atoms with Gasteiger partial charge in [0.05, 0.1) is 6.61 Å². The van der Waals surface area contributed by atoms with Crippen LogP contribution in [0.1, 0.15) is 13.8 Å². The Morgan fingerprint density at radius 1 is 1.35 bits per heavy atom. The topological polar surface area (TPSA) is 111 Å².